The molecule has 0 atom stereocenters. The molecule has 28 heavy (non-hydrogen) atoms. The van der Waals surface area contributed by atoms with Gasteiger partial charge in [0, 0.05) is 0 Å². The highest BCUT2D eigenvalue weighted by Crippen LogP contribution is 2.33. The molecule has 0 heterocycles. The molecule has 6 nitrogen and oxygen atoms in total. The summed E-state index contributed by atoms with van der Waals surface area (Å²) in [6, 6.07) is 8.93. The highest BCUT2D eigenvalue weighted by Gasteiger charge is 2.13. The third-order valence-corrected chi connectivity index (χ3v) is 4.20. The Labute approximate surface area is 175 Å². The van der Waals surface area contributed by atoms with Gasteiger partial charge in [-0.05, 0) is 65.4 Å². The highest BCUT2D eigenvalue weighted by atomic mass is 127. The van der Waals surface area contributed by atoms with Gasteiger partial charge in [-0.2, -0.15) is 10.4 Å². The Hall–Kier alpha value is -2.93. The monoisotopic (exact) mass is 493 g/mol. The van der Waals surface area contributed by atoms with Crippen molar-refractivity contribution in [3.05, 3.63) is 69.1 Å². The molecule has 0 aliphatic rings. The smallest absolute Gasteiger partial charge is 0.274 e. The molecule has 0 aliphatic heterocycles. The molecular weight excluding hydrogens is 476 g/mol. The van der Waals surface area contributed by atoms with Crippen molar-refractivity contribution in [1.82, 2.24) is 5.43 Å². The molecule has 0 saturated carbocycles. The molecule has 2 aromatic rings. The van der Waals surface area contributed by atoms with E-state index in [0.717, 1.165) is 9.64 Å². The average Bonchev–Trinajstić information content (AvgIpc) is 2.67. The number of ether oxygens (including phenoxy) is 2. The summed E-state index contributed by atoms with van der Waals surface area (Å²) in [6.07, 6.45) is 3.06. The zero-order valence-electron chi connectivity index (χ0n) is 15.0. The summed E-state index contributed by atoms with van der Waals surface area (Å²) < 4.78 is 25.9. The van der Waals surface area contributed by atoms with Crippen LogP contribution in [0.15, 0.2) is 48.1 Å². The maximum Gasteiger partial charge on any atom is 0.274 e. The fraction of sp³-hybridized carbons (Fsp3) is 0.150. The van der Waals surface area contributed by atoms with E-state index in [1.165, 1.54) is 18.3 Å². The van der Waals surface area contributed by atoms with Crippen molar-refractivity contribution in [2.45, 2.75) is 6.92 Å². The molecule has 2 aromatic carbocycles. The lowest BCUT2D eigenvalue weighted by molar-refractivity contribution is 0.0951. The van der Waals surface area contributed by atoms with Crippen LogP contribution in [0, 0.1) is 20.7 Å². The van der Waals surface area contributed by atoms with Gasteiger partial charge in [-0.3, -0.25) is 4.79 Å². The number of nitriles is 1. The molecule has 0 radical (unpaired) electrons. The third-order valence-electron chi connectivity index (χ3n) is 3.40. The van der Waals surface area contributed by atoms with Crippen LogP contribution in [0.1, 0.15) is 28.4 Å². The van der Waals surface area contributed by atoms with Gasteiger partial charge in [0.15, 0.2) is 11.5 Å². The van der Waals surface area contributed by atoms with Crippen LogP contribution >= 0.6 is 22.6 Å². The predicted octanol–water partition coefficient (Wildman–Crippen LogP) is 4.03. The SMILES string of the molecule is C=CCOc1c(I)cc(/C=N\NC(=O)c2ccc(C#N)cc2F)cc1OCC. The Bertz CT molecular complexity index is 954. The minimum absolute atomic E-state index is 0.134. The number of hydrogen-bond donors (Lipinski definition) is 1. The van der Waals surface area contributed by atoms with Gasteiger partial charge >= 0.3 is 0 Å². The van der Waals surface area contributed by atoms with Crippen LogP contribution < -0.4 is 14.9 Å². The molecule has 0 aliphatic carbocycles. The first-order valence-corrected chi connectivity index (χ1v) is 9.31. The Morgan fingerprint density at radius 3 is 2.82 bits per heavy atom. The van der Waals surface area contributed by atoms with Crippen LogP contribution in [0.2, 0.25) is 0 Å². The standard InChI is InChI=1S/C20H17FIN3O3/c1-3-7-28-19-17(22)9-14(10-18(19)27-4-2)12-24-25-20(26)15-6-5-13(11-23)8-16(15)21/h3,5-6,8-10,12H,1,4,7H2,2H3,(H,25,26)/b24-12-. The molecule has 1 N–H and O–H groups in total. The minimum Gasteiger partial charge on any atom is -0.490 e. The van der Waals surface area contributed by atoms with E-state index in [-0.39, 0.29) is 11.1 Å². The fourth-order valence-electron chi connectivity index (χ4n) is 2.20. The van der Waals surface area contributed by atoms with Gasteiger partial charge in [-0.1, -0.05) is 12.7 Å². The molecule has 144 valence electrons. The lowest BCUT2D eigenvalue weighted by Gasteiger charge is -2.13. The van der Waals surface area contributed by atoms with Crippen molar-refractivity contribution >= 4 is 34.7 Å². The fourth-order valence-corrected chi connectivity index (χ4v) is 2.98. The van der Waals surface area contributed by atoms with Gasteiger partial charge in [-0.15, -0.1) is 0 Å². The molecule has 8 heteroatoms. The number of halogens is 2. The van der Waals surface area contributed by atoms with E-state index in [4.69, 9.17) is 14.7 Å². The molecule has 0 fully saturated rings. The maximum absolute atomic E-state index is 13.9. The molecule has 0 saturated heterocycles. The number of nitrogens with zero attached hydrogens (tertiary/aromatic N) is 2. The van der Waals surface area contributed by atoms with Gasteiger partial charge in [0.05, 0.1) is 33.6 Å². The van der Waals surface area contributed by atoms with Gasteiger partial charge in [-0.25, -0.2) is 9.82 Å². The van der Waals surface area contributed by atoms with E-state index < -0.39 is 11.7 Å². The number of amides is 1. The second-order valence-electron chi connectivity index (χ2n) is 5.37. The number of hydrazone groups is 1. The van der Waals surface area contributed by atoms with Crippen molar-refractivity contribution in [3.8, 4) is 17.6 Å². The van der Waals surface area contributed by atoms with Gasteiger partial charge < -0.3 is 9.47 Å². The van der Waals surface area contributed by atoms with Crippen LogP contribution in [-0.2, 0) is 0 Å². The quantitative estimate of drug-likeness (QED) is 0.261. The predicted molar refractivity (Wildman–Crippen MR) is 112 cm³/mol. The Morgan fingerprint density at radius 1 is 1.39 bits per heavy atom. The summed E-state index contributed by atoms with van der Waals surface area (Å²) in [5.41, 5.74) is 2.87. The Kier molecular flexibility index (Phi) is 7.95. The first kappa shape index (κ1) is 21.4. The molecule has 0 aromatic heterocycles. The first-order valence-electron chi connectivity index (χ1n) is 8.23. The van der Waals surface area contributed by atoms with Gasteiger partial charge in [0.1, 0.15) is 12.4 Å². The second-order valence-corrected chi connectivity index (χ2v) is 6.53. The Balaban J connectivity index is 2.16. The van der Waals surface area contributed by atoms with Crippen LogP contribution in [0.25, 0.3) is 0 Å². The summed E-state index contributed by atoms with van der Waals surface area (Å²) in [5.74, 6) is -0.363. The van der Waals surface area contributed by atoms with E-state index in [9.17, 15) is 9.18 Å². The van der Waals surface area contributed by atoms with Crippen molar-refractivity contribution in [2.24, 2.45) is 5.10 Å². The molecular formula is C20H17FIN3O3. The zero-order valence-corrected chi connectivity index (χ0v) is 17.2. The van der Waals surface area contributed by atoms with Crippen molar-refractivity contribution in [3.63, 3.8) is 0 Å². The largest absolute Gasteiger partial charge is 0.490 e. The number of rotatable bonds is 8. The van der Waals surface area contributed by atoms with Gasteiger partial charge in [0.25, 0.3) is 5.91 Å². The Morgan fingerprint density at radius 2 is 2.18 bits per heavy atom. The maximum atomic E-state index is 13.9. The molecule has 1 amide bonds. The first-order chi connectivity index (χ1) is 13.5. The minimum atomic E-state index is -0.788. The van der Waals surface area contributed by atoms with Crippen molar-refractivity contribution < 1.29 is 18.7 Å². The number of benzene rings is 2. The summed E-state index contributed by atoms with van der Waals surface area (Å²) in [7, 11) is 0. The van der Waals surface area contributed by atoms with Crippen LogP contribution in [0.3, 0.4) is 0 Å². The number of nitrogens with one attached hydrogen (secondary N) is 1. The van der Waals surface area contributed by atoms with E-state index in [1.807, 2.05) is 13.0 Å². The van der Waals surface area contributed by atoms with E-state index in [1.54, 1.807) is 18.2 Å². The van der Waals surface area contributed by atoms with Crippen LogP contribution in [0.4, 0.5) is 4.39 Å². The van der Waals surface area contributed by atoms with Crippen molar-refractivity contribution in [2.75, 3.05) is 13.2 Å². The van der Waals surface area contributed by atoms with Crippen LogP contribution in [-0.4, -0.2) is 25.3 Å². The molecule has 0 unspecified atom stereocenters. The van der Waals surface area contributed by atoms with Crippen molar-refractivity contribution in [1.29, 1.82) is 5.26 Å². The summed E-state index contributed by atoms with van der Waals surface area (Å²) in [4.78, 5) is 12.1. The lowest BCUT2D eigenvalue weighted by atomic mass is 10.1. The molecule has 2 rings (SSSR count). The normalized spacial score (nSPS) is 10.4. The highest BCUT2D eigenvalue weighted by molar-refractivity contribution is 14.1. The third kappa shape index (κ3) is 5.53. The topological polar surface area (TPSA) is 83.7 Å². The number of carbonyl (C=O) groups is 1. The number of carbonyl (C=O) groups excluding carboxylic acids is 1. The average molecular weight is 493 g/mol. The second kappa shape index (κ2) is 10.4. The number of hydrogen-bond acceptors (Lipinski definition) is 5. The van der Waals surface area contributed by atoms with E-state index >= 15 is 0 Å². The zero-order chi connectivity index (χ0) is 20.5. The van der Waals surface area contributed by atoms with E-state index in [2.05, 4.69) is 39.7 Å². The molecule has 0 spiro atoms. The molecule has 0 bridgehead atoms. The van der Waals surface area contributed by atoms with Gasteiger partial charge in [0.2, 0.25) is 0 Å². The van der Waals surface area contributed by atoms with Crippen LogP contribution in [0.5, 0.6) is 11.5 Å². The summed E-state index contributed by atoms with van der Waals surface area (Å²) in [5, 5.41) is 12.6. The lowest BCUT2D eigenvalue weighted by Crippen LogP contribution is -2.19. The summed E-state index contributed by atoms with van der Waals surface area (Å²) >= 11 is 2.11. The van der Waals surface area contributed by atoms with E-state index in [0.29, 0.717) is 30.3 Å². The summed E-state index contributed by atoms with van der Waals surface area (Å²) in [6.45, 7) is 6.28.